The summed E-state index contributed by atoms with van der Waals surface area (Å²) >= 11 is 0. The van der Waals surface area contributed by atoms with E-state index >= 15 is 0 Å². The van der Waals surface area contributed by atoms with E-state index in [2.05, 4.69) is 0 Å². The van der Waals surface area contributed by atoms with Gasteiger partial charge in [0.25, 0.3) is 0 Å². The zero-order chi connectivity index (χ0) is 7.72. The molecular weight excluding hydrogens is 170 g/mol. The van der Waals surface area contributed by atoms with Crippen LogP contribution >= 0.6 is 0 Å². The quantitative estimate of drug-likeness (QED) is 0.327. The van der Waals surface area contributed by atoms with Gasteiger partial charge in [-0.1, -0.05) is 0 Å². The van der Waals surface area contributed by atoms with Crippen LogP contribution in [0.1, 0.15) is 6.92 Å². The number of halogens is 1. The fraction of sp³-hybridized carbons (Fsp3) is 1.00. The minimum atomic E-state index is -0.778. The van der Waals surface area contributed by atoms with E-state index in [0.29, 0.717) is 0 Å². The van der Waals surface area contributed by atoms with Crippen LogP contribution in [0.5, 0.6) is 0 Å². The summed E-state index contributed by atoms with van der Waals surface area (Å²) in [6, 6.07) is -0.253. The van der Waals surface area contributed by atoms with Crippen molar-refractivity contribution in [3.8, 4) is 0 Å². The maximum absolute atomic E-state index is 9.19. The number of aliphatic hydroxyl groups excluding tert-OH is 3. The molecule has 0 aliphatic carbocycles. The number of aliphatic hydroxyl groups is 3. The monoisotopic (exact) mass is 183 g/mol. The van der Waals surface area contributed by atoms with Crippen LogP contribution in [0.25, 0.3) is 0 Å². The molecule has 0 unspecified atom stereocenters. The average Bonchev–Trinajstić information content (AvgIpc) is 2.17. The first kappa shape index (κ1) is 11.1. The minimum absolute atomic E-state index is 0. The van der Waals surface area contributed by atoms with Gasteiger partial charge in [-0.05, 0) is 6.92 Å². The van der Waals surface area contributed by atoms with Crippen molar-refractivity contribution in [1.82, 2.24) is 0 Å². The van der Waals surface area contributed by atoms with E-state index in [0.717, 1.165) is 0 Å². The Labute approximate surface area is 71.6 Å². The molecule has 0 aromatic rings. The Balaban J connectivity index is 0.000001000. The Bertz CT molecular complexity index is 124. The third-order valence-electron chi connectivity index (χ3n) is 2.09. The smallest absolute Gasteiger partial charge is 0.139 e. The van der Waals surface area contributed by atoms with Crippen LogP contribution in [-0.2, 0) is 0 Å². The van der Waals surface area contributed by atoms with Crippen molar-refractivity contribution >= 4 is 0 Å². The summed E-state index contributed by atoms with van der Waals surface area (Å²) in [5, 5.41) is 28.8. The van der Waals surface area contributed by atoms with Gasteiger partial charge in [0.2, 0.25) is 0 Å². The second kappa shape index (κ2) is 4.23. The van der Waals surface area contributed by atoms with Gasteiger partial charge in [0.15, 0.2) is 0 Å². The average molecular weight is 184 g/mol. The normalized spacial score (nSPS) is 43.6. The fourth-order valence-corrected chi connectivity index (χ4v) is 1.35. The first-order valence-electron chi connectivity index (χ1n) is 3.48. The maximum Gasteiger partial charge on any atom is 0.139 e. The molecule has 1 saturated heterocycles. The Morgan fingerprint density at radius 1 is 1.27 bits per heavy atom. The van der Waals surface area contributed by atoms with Gasteiger partial charge in [0.1, 0.15) is 24.3 Å². The van der Waals surface area contributed by atoms with E-state index in [-0.39, 0.29) is 31.1 Å². The van der Waals surface area contributed by atoms with E-state index < -0.39 is 12.2 Å². The molecule has 1 fully saturated rings. The van der Waals surface area contributed by atoms with Crippen molar-refractivity contribution in [3.05, 3.63) is 0 Å². The highest BCUT2D eigenvalue weighted by Crippen LogP contribution is 2.05. The third-order valence-corrected chi connectivity index (χ3v) is 2.09. The molecule has 0 aromatic carbocycles. The van der Waals surface area contributed by atoms with Gasteiger partial charge in [-0.15, -0.1) is 0 Å². The number of hydrogen-bond acceptors (Lipinski definition) is 3. The molecule has 0 spiro atoms. The highest BCUT2D eigenvalue weighted by molar-refractivity contribution is 4.83. The highest BCUT2D eigenvalue weighted by Gasteiger charge is 2.42. The van der Waals surface area contributed by atoms with Crippen LogP contribution < -0.4 is 17.7 Å². The molecule has 4 nitrogen and oxygen atoms in total. The van der Waals surface area contributed by atoms with Gasteiger partial charge < -0.3 is 33.0 Å². The Hall–Kier alpha value is 0.130. The largest absolute Gasteiger partial charge is 1.00 e. The standard InChI is InChI=1S/C6H13NO3.ClH/c1-3-5(9)6(10)4(2-8)7-3;/h3-10H,2H2,1H3;1H/t3-,4-,5+,6+;/m1./s1. The predicted octanol–water partition coefficient (Wildman–Crippen LogP) is -5.96. The molecular formula is C6H14ClNO3. The number of hydrogen-bond donors (Lipinski definition) is 4. The Kier molecular flexibility index (Phi) is 4.28. The zero-order valence-corrected chi connectivity index (χ0v) is 7.07. The molecule has 0 bridgehead atoms. The molecule has 0 saturated carbocycles. The lowest BCUT2D eigenvalue weighted by molar-refractivity contribution is -0.704. The summed E-state index contributed by atoms with van der Waals surface area (Å²) in [5.74, 6) is 0. The van der Waals surface area contributed by atoms with Gasteiger partial charge in [-0.25, -0.2) is 0 Å². The number of quaternary nitrogens is 1. The van der Waals surface area contributed by atoms with Crippen LogP contribution in [-0.4, -0.2) is 46.2 Å². The summed E-state index contributed by atoms with van der Waals surface area (Å²) in [5.41, 5.74) is 0. The van der Waals surface area contributed by atoms with Crippen LogP contribution in [0.2, 0.25) is 0 Å². The molecule has 1 aliphatic rings. The molecule has 1 aliphatic heterocycles. The second-order valence-electron chi connectivity index (χ2n) is 2.88. The molecule has 0 amide bonds. The molecule has 5 heteroatoms. The van der Waals surface area contributed by atoms with E-state index in [1.165, 1.54) is 0 Å². The van der Waals surface area contributed by atoms with Gasteiger partial charge >= 0.3 is 0 Å². The van der Waals surface area contributed by atoms with Gasteiger partial charge in [-0.3, -0.25) is 0 Å². The molecule has 5 N–H and O–H groups in total. The highest BCUT2D eigenvalue weighted by atomic mass is 35.5. The molecule has 11 heavy (non-hydrogen) atoms. The third kappa shape index (κ3) is 2.04. The van der Waals surface area contributed by atoms with E-state index in [1.807, 2.05) is 6.92 Å². The van der Waals surface area contributed by atoms with Crippen molar-refractivity contribution in [2.24, 2.45) is 0 Å². The molecule has 0 radical (unpaired) electrons. The maximum atomic E-state index is 9.19. The van der Waals surface area contributed by atoms with Crippen molar-refractivity contribution in [2.75, 3.05) is 6.61 Å². The molecule has 4 atom stereocenters. The summed E-state index contributed by atoms with van der Waals surface area (Å²) < 4.78 is 0. The lowest BCUT2D eigenvalue weighted by Gasteiger charge is -2.07. The van der Waals surface area contributed by atoms with Gasteiger partial charge in [-0.2, -0.15) is 0 Å². The lowest BCUT2D eigenvalue weighted by Crippen LogP contribution is -3.00. The van der Waals surface area contributed by atoms with Crippen LogP contribution in [0.3, 0.4) is 0 Å². The van der Waals surface area contributed by atoms with Crippen molar-refractivity contribution in [2.45, 2.75) is 31.2 Å². The van der Waals surface area contributed by atoms with E-state index in [4.69, 9.17) is 5.11 Å². The SMILES string of the molecule is C[C@H]1[NH2+][C@H](CO)[C@H](O)[C@H]1O.[Cl-]. The lowest BCUT2D eigenvalue weighted by atomic mass is 10.1. The second-order valence-corrected chi connectivity index (χ2v) is 2.88. The van der Waals surface area contributed by atoms with Crippen LogP contribution in [0, 0.1) is 0 Å². The Morgan fingerprint density at radius 3 is 2.00 bits per heavy atom. The topological polar surface area (TPSA) is 77.3 Å². The zero-order valence-electron chi connectivity index (χ0n) is 6.31. The predicted molar refractivity (Wildman–Crippen MR) is 34.3 cm³/mol. The van der Waals surface area contributed by atoms with E-state index in [1.54, 1.807) is 5.32 Å². The summed E-state index contributed by atoms with van der Waals surface area (Å²) in [6.45, 7) is 1.74. The van der Waals surface area contributed by atoms with Crippen molar-refractivity contribution in [3.63, 3.8) is 0 Å². The number of nitrogens with two attached hydrogens (primary N) is 1. The van der Waals surface area contributed by atoms with E-state index in [9.17, 15) is 10.2 Å². The fourth-order valence-electron chi connectivity index (χ4n) is 1.35. The minimum Gasteiger partial charge on any atom is -1.00 e. The Morgan fingerprint density at radius 2 is 1.82 bits per heavy atom. The molecule has 68 valence electrons. The number of rotatable bonds is 1. The molecule has 1 rings (SSSR count). The summed E-state index contributed by atoms with van der Waals surface area (Å²) in [7, 11) is 0. The van der Waals surface area contributed by atoms with Gasteiger partial charge in [0, 0.05) is 0 Å². The summed E-state index contributed by atoms with van der Waals surface area (Å²) in [6.07, 6.45) is -1.47. The first-order chi connectivity index (χ1) is 4.66. The van der Waals surface area contributed by atoms with Crippen molar-refractivity contribution in [1.29, 1.82) is 0 Å². The van der Waals surface area contributed by atoms with Crippen LogP contribution in [0.15, 0.2) is 0 Å². The molecule has 0 aromatic heterocycles. The van der Waals surface area contributed by atoms with Crippen molar-refractivity contribution < 1.29 is 33.0 Å². The molecule has 1 heterocycles. The van der Waals surface area contributed by atoms with Crippen LogP contribution in [0.4, 0.5) is 0 Å². The first-order valence-corrected chi connectivity index (χ1v) is 3.48. The van der Waals surface area contributed by atoms with Gasteiger partial charge in [0.05, 0.1) is 6.61 Å². The summed E-state index contributed by atoms with van der Waals surface area (Å²) in [4.78, 5) is 0.